The summed E-state index contributed by atoms with van der Waals surface area (Å²) >= 11 is 0. The van der Waals surface area contributed by atoms with Gasteiger partial charge in [-0.15, -0.1) is 5.10 Å². The Morgan fingerprint density at radius 3 is 2.67 bits per heavy atom. The number of aryl methyl sites for hydroxylation is 2. The monoisotopic (exact) mass is 245 g/mol. The number of hydrogen-bond acceptors (Lipinski definition) is 3. The van der Waals surface area contributed by atoms with E-state index < -0.39 is 0 Å². The molecule has 1 aromatic carbocycles. The molecule has 1 N–H and O–H groups in total. The molecule has 0 saturated heterocycles. The van der Waals surface area contributed by atoms with Gasteiger partial charge in [0.05, 0.1) is 5.69 Å². The fourth-order valence-corrected chi connectivity index (χ4v) is 1.92. The number of rotatable bonds is 7. The maximum Gasteiger partial charge on any atom is 0.0849 e. The van der Waals surface area contributed by atoms with Crippen molar-refractivity contribution in [1.82, 2.24) is 15.0 Å². The van der Waals surface area contributed by atoms with Gasteiger partial charge in [-0.1, -0.05) is 35.5 Å². The first kappa shape index (κ1) is 12.8. The second-order valence-corrected chi connectivity index (χ2v) is 4.39. The lowest BCUT2D eigenvalue weighted by molar-refractivity contribution is 0.298. The van der Waals surface area contributed by atoms with Crippen molar-refractivity contribution in [3.05, 3.63) is 47.8 Å². The molecule has 0 fully saturated rings. The molecule has 18 heavy (non-hydrogen) atoms. The van der Waals surface area contributed by atoms with E-state index >= 15 is 0 Å². The maximum atomic E-state index is 8.79. The molecule has 4 heteroatoms. The molecule has 1 aromatic heterocycles. The van der Waals surface area contributed by atoms with Crippen LogP contribution < -0.4 is 0 Å². The van der Waals surface area contributed by atoms with Crippen LogP contribution in [0.4, 0.5) is 0 Å². The van der Waals surface area contributed by atoms with Crippen LogP contribution in [0, 0.1) is 0 Å². The first-order chi connectivity index (χ1) is 8.88. The maximum absolute atomic E-state index is 8.79. The van der Waals surface area contributed by atoms with Gasteiger partial charge in [0.25, 0.3) is 0 Å². The minimum Gasteiger partial charge on any atom is -0.396 e. The topological polar surface area (TPSA) is 50.9 Å². The van der Waals surface area contributed by atoms with E-state index in [-0.39, 0.29) is 6.61 Å². The molecule has 0 saturated carbocycles. The van der Waals surface area contributed by atoms with Crippen LogP contribution in [0.15, 0.2) is 36.5 Å². The van der Waals surface area contributed by atoms with Gasteiger partial charge in [-0.2, -0.15) is 0 Å². The summed E-state index contributed by atoms with van der Waals surface area (Å²) < 4.78 is 1.86. The van der Waals surface area contributed by atoms with Crippen molar-refractivity contribution >= 4 is 0 Å². The predicted octanol–water partition coefficient (Wildman–Crippen LogP) is 1.84. The number of aromatic nitrogens is 3. The Morgan fingerprint density at radius 1 is 1.06 bits per heavy atom. The molecule has 0 aliphatic heterocycles. The Morgan fingerprint density at radius 2 is 1.89 bits per heavy atom. The van der Waals surface area contributed by atoms with E-state index in [0.717, 1.165) is 31.5 Å². The van der Waals surface area contributed by atoms with Crippen molar-refractivity contribution in [2.24, 2.45) is 0 Å². The normalized spacial score (nSPS) is 10.7. The standard InChI is InChI=1S/C14H19N3O/c18-11-9-14-12-17(16-15-14)10-5-4-8-13-6-2-1-3-7-13/h1-3,6-7,12,18H,4-5,8-11H2. The Bertz CT molecular complexity index is 453. The largest absolute Gasteiger partial charge is 0.396 e. The molecule has 1 heterocycles. The van der Waals surface area contributed by atoms with Crippen LogP contribution in [0.1, 0.15) is 24.1 Å². The fraction of sp³-hybridized carbons (Fsp3) is 0.429. The Hall–Kier alpha value is -1.68. The van der Waals surface area contributed by atoms with Gasteiger partial charge in [0.2, 0.25) is 0 Å². The van der Waals surface area contributed by atoms with E-state index in [1.54, 1.807) is 0 Å². The second-order valence-electron chi connectivity index (χ2n) is 4.39. The summed E-state index contributed by atoms with van der Waals surface area (Å²) in [6, 6.07) is 10.5. The number of unbranched alkanes of at least 4 members (excludes halogenated alkanes) is 1. The van der Waals surface area contributed by atoms with E-state index in [2.05, 4.69) is 34.6 Å². The van der Waals surface area contributed by atoms with E-state index in [0.29, 0.717) is 6.42 Å². The molecule has 0 bridgehead atoms. The van der Waals surface area contributed by atoms with E-state index in [1.165, 1.54) is 5.56 Å². The smallest absolute Gasteiger partial charge is 0.0849 e. The molecule has 2 rings (SSSR count). The van der Waals surface area contributed by atoms with Crippen molar-refractivity contribution < 1.29 is 5.11 Å². The summed E-state index contributed by atoms with van der Waals surface area (Å²) in [4.78, 5) is 0. The van der Waals surface area contributed by atoms with Crippen LogP contribution in [-0.4, -0.2) is 26.7 Å². The summed E-state index contributed by atoms with van der Waals surface area (Å²) in [6.07, 6.45) is 5.86. The molecule has 0 aliphatic carbocycles. The Kier molecular flexibility index (Phi) is 4.90. The SMILES string of the molecule is OCCc1cn(CCCCc2ccccc2)nn1. The molecular weight excluding hydrogens is 226 g/mol. The minimum absolute atomic E-state index is 0.132. The van der Waals surface area contributed by atoms with E-state index in [4.69, 9.17) is 5.11 Å². The summed E-state index contributed by atoms with van der Waals surface area (Å²) in [5.74, 6) is 0. The third kappa shape index (κ3) is 3.96. The Balaban J connectivity index is 1.68. The van der Waals surface area contributed by atoms with Crippen LogP contribution >= 0.6 is 0 Å². The van der Waals surface area contributed by atoms with Crippen LogP contribution in [0.25, 0.3) is 0 Å². The zero-order valence-electron chi connectivity index (χ0n) is 10.5. The second kappa shape index (κ2) is 6.91. The van der Waals surface area contributed by atoms with Crippen molar-refractivity contribution in [2.75, 3.05) is 6.61 Å². The molecule has 96 valence electrons. The lowest BCUT2D eigenvalue weighted by atomic mass is 10.1. The molecule has 0 atom stereocenters. The van der Waals surface area contributed by atoms with Gasteiger partial charge < -0.3 is 5.11 Å². The summed E-state index contributed by atoms with van der Waals surface area (Å²) in [5, 5.41) is 16.8. The van der Waals surface area contributed by atoms with Gasteiger partial charge in [0.15, 0.2) is 0 Å². The van der Waals surface area contributed by atoms with Gasteiger partial charge in [-0.3, -0.25) is 4.68 Å². The third-order valence-electron chi connectivity index (χ3n) is 2.90. The van der Waals surface area contributed by atoms with Crippen LogP contribution in [0.2, 0.25) is 0 Å². The number of aliphatic hydroxyl groups excluding tert-OH is 1. The molecule has 0 amide bonds. The van der Waals surface area contributed by atoms with Gasteiger partial charge in [-0.05, 0) is 24.8 Å². The van der Waals surface area contributed by atoms with Crippen molar-refractivity contribution in [1.29, 1.82) is 0 Å². The number of benzene rings is 1. The molecule has 0 unspecified atom stereocenters. The number of aliphatic hydroxyl groups is 1. The summed E-state index contributed by atoms with van der Waals surface area (Å²) in [5.41, 5.74) is 2.25. The number of nitrogens with zero attached hydrogens (tertiary/aromatic N) is 3. The van der Waals surface area contributed by atoms with Gasteiger partial charge >= 0.3 is 0 Å². The van der Waals surface area contributed by atoms with E-state index in [9.17, 15) is 0 Å². The average molecular weight is 245 g/mol. The predicted molar refractivity (Wildman–Crippen MR) is 70.2 cm³/mol. The van der Waals surface area contributed by atoms with Crippen LogP contribution in [0.3, 0.4) is 0 Å². The first-order valence-electron chi connectivity index (χ1n) is 6.42. The highest BCUT2D eigenvalue weighted by atomic mass is 16.3. The molecule has 0 aliphatic rings. The molecule has 0 spiro atoms. The zero-order valence-corrected chi connectivity index (χ0v) is 10.5. The highest BCUT2D eigenvalue weighted by Crippen LogP contribution is 2.05. The number of hydrogen-bond donors (Lipinski definition) is 1. The average Bonchev–Trinajstić information content (AvgIpc) is 2.84. The third-order valence-corrected chi connectivity index (χ3v) is 2.90. The molecule has 0 radical (unpaired) electrons. The van der Waals surface area contributed by atoms with Crippen LogP contribution in [0.5, 0.6) is 0 Å². The quantitative estimate of drug-likeness (QED) is 0.757. The summed E-state index contributed by atoms with van der Waals surface area (Å²) in [7, 11) is 0. The first-order valence-corrected chi connectivity index (χ1v) is 6.42. The van der Waals surface area contributed by atoms with Gasteiger partial charge in [0, 0.05) is 25.8 Å². The van der Waals surface area contributed by atoms with E-state index in [1.807, 2.05) is 16.9 Å². The Labute approximate surface area is 107 Å². The molecule has 4 nitrogen and oxygen atoms in total. The van der Waals surface area contributed by atoms with Crippen molar-refractivity contribution in [3.63, 3.8) is 0 Å². The molecular formula is C14H19N3O. The van der Waals surface area contributed by atoms with Gasteiger partial charge in [-0.25, -0.2) is 0 Å². The van der Waals surface area contributed by atoms with Crippen molar-refractivity contribution in [2.45, 2.75) is 32.2 Å². The fourth-order valence-electron chi connectivity index (χ4n) is 1.92. The lowest BCUT2D eigenvalue weighted by Crippen LogP contribution is -1.99. The zero-order chi connectivity index (χ0) is 12.6. The lowest BCUT2D eigenvalue weighted by Gasteiger charge is -2.01. The van der Waals surface area contributed by atoms with Crippen molar-refractivity contribution in [3.8, 4) is 0 Å². The van der Waals surface area contributed by atoms with Gasteiger partial charge in [0.1, 0.15) is 0 Å². The highest BCUT2D eigenvalue weighted by molar-refractivity contribution is 5.14. The highest BCUT2D eigenvalue weighted by Gasteiger charge is 1.99. The van der Waals surface area contributed by atoms with Crippen LogP contribution in [-0.2, 0) is 19.4 Å². The molecule has 2 aromatic rings. The minimum atomic E-state index is 0.132. The summed E-state index contributed by atoms with van der Waals surface area (Å²) in [6.45, 7) is 1.03.